The van der Waals surface area contributed by atoms with Crippen LogP contribution in [0.3, 0.4) is 0 Å². The summed E-state index contributed by atoms with van der Waals surface area (Å²) in [4.78, 5) is 25.1. The van der Waals surface area contributed by atoms with Crippen molar-refractivity contribution in [2.45, 2.75) is 6.92 Å². The molecule has 0 bridgehead atoms. The highest BCUT2D eigenvalue weighted by atomic mass is 35.5. The van der Waals surface area contributed by atoms with Gasteiger partial charge < -0.3 is 15.1 Å². The van der Waals surface area contributed by atoms with Crippen molar-refractivity contribution in [2.75, 3.05) is 10.6 Å². The van der Waals surface area contributed by atoms with Crippen LogP contribution in [0.1, 0.15) is 26.5 Å². The zero-order valence-electron chi connectivity index (χ0n) is 17.0. The predicted molar refractivity (Wildman–Crippen MR) is 128 cm³/mol. The number of hydrogen-bond donors (Lipinski definition) is 2. The molecule has 2 amide bonds. The number of carbonyl (C=O) groups excluding carboxylic acids is 2. The van der Waals surface area contributed by atoms with Crippen LogP contribution < -0.4 is 10.6 Å². The Morgan fingerprint density at radius 2 is 1.47 bits per heavy atom. The van der Waals surface area contributed by atoms with Crippen molar-refractivity contribution < 1.29 is 14.0 Å². The highest BCUT2D eigenvalue weighted by molar-refractivity contribution is 6.31. The largest absolute Gasteiger partial charge is 0.451 e. The van der Waals surface area contributed by atoms with Crippen LogP contribution in [0.4, 0.5) is 11.4 Å². The van der Waals surface area contributed by atoms with Gasteiger partial charge in [0.25, 0.3) is 11.8 Å². The van der Waals surface area contributed by atoms with Crippen LogP contribution in [0.2, 0.25) is 10.0 Å². The smallest absolute Gasteiger partial charge is 0.291 e. The maximum atomic E-state index is 12.7. The van der Waals surface area contributed by atoms with Crippen molar-refractivity contribution in [3.8, 4) is 11.3 Å². The van der Waals surface area contributed by atoms with Crippen molar-refractivity contribution in [3.05, 3.63) is 106 Å². The maximum absolute atomic E-state index is 12.7. The number of furan rings is 1. The fourth-order valence-electron chi connectivity index (χ4n) is 3.18. The monoisotopic (exact) mass is 464 g/mol. The molecule has 4 aromatic rings. The van der Waals surface area contributed by atoms with Crippen LogP contribution in [-0.4, -0.2) is 11.8 Å². The molecular formula is C25H18Cl2N2O3. The number of halogens is 2. The first-order chi connectivity index (χ1) is 15.4. The molecule has 0 saturated carbocycles. The van der Waals surface area contributed by atoms with E-state index in [9.17, 15) is 9.59 Å². The van der Waals surface area contributed by atoms with Crippen LogP contribution in [-0.2, 0) is 0 Å². The summed E-state index contributed by atoms with van der Waals surface area (Å²) in [5, 5.41) is 6.67. The lowest BCUT2D eigenvalue weighted by Crippen LogP contribution is -2.13. The molecule has 0 fully saturated rings. The Kier molecular flexibility index (Phi) is 6.30. The predicted octanol–water partition coefficient (Wildman–Crippen LogP) is 7.07. The molecule has 0 spiro atoms. The molecule has 0 unspecified atom stereocenters. The zero-order chi connectivity index (χ0) is 22.7. The number of benzene rings is 3. The van der Waals surface area contributed by atoms with E-state index in [1.807, 2.05) is 19.1 Å². The van der Waals surface area contributed by atoms with E-state index in [0.717, 1.165) is 11.1 Å². The topological polar surface area (TPSA) is 71.3 Å². The van der Waals surface area contributed by atoms with Crippen LogP contribution in [0.5, 0.6) is 0 Å². The van der Waals surface area contributed by atoms with E-state index in [-0.39, 0.29) is 11.7 Å². The third-order valence-electron chi connectivity index (χ3n) is 4.83. The molecule has 7 heteroatoms. The Hall–Kier alpha value is -3.54. The van der Waals surface area contributed by atoms with Gasteiger partial charge in [-0.05, 0) is 67.1 Å². The molecule has 1 aromatic heterocycles. The Bertz CT molecular complexity index is 1310. The molecule has 0 aliphatic carbocycles. The van der Waals surface area contributed by atoms with Gasteiger partial charge in [-0.25, -0.2) is 0 Å². The number of nitrogens with one attached hydrogen (secondary N) is 2. The quantitative estimate of drug-likeness (QED) is 0.331. The standard InChI is InChI=1S/C25H18Cl2N2O3/c1-15-20(9-4-10-21(15)27)22-11-12-23(32-22)25(31)29-19-8-3-7-18(14-19)28-24(30)16-5-2-6-17(26)13-16/h2-14H,1H3,(H,28,30)(H,29,31). The summed E-state index contributed by atoms with van der Waals surface area (Å²) in [6.07, 6.45) is 0. The van der Waals surface area contributed by atoms with Gasteiger partial charge in [0, 0.05) is 32.5 Å². The van der Waals surface area contributed by atoms with E-state index in [0.29, 0.717) is 32.7 Å². The lowest BCUT2D eigenvalue weighted by atomic mass is 10.1. The van der Waals surface area contributed by atoms with Gasteiger partial charge in [-0.1, -0.05) is 47.5 Å². The van der Waals surface area contributed by atoms with Gasteiger partial charge in [-0.2, -0.15) is 0 Å². The minimum Gasteiger partial charge on any atom is -0.451 e. The summed E-state index contributed by atoms with van der Waals surface area (Å²) in [5.74, 6) is 0.00298. The van der Waals surface area contributed by atoms with E-state index >= 15 is 0 Å². The number of amides is 2. The van der Waals surface area contributed by atoms with E-state index in [1.54, 1.807) is 66.7 Å². The lowest BCUT2D eigenvalue weighted by molar-refractivity contribution is 0.0995. The first-order valence-electron chi connectivity index (χ1n) is 9.74. The molecule has 0 radical (unpaired) electrons. The van der Waals surface area contributed by atoms with Gasteiger partial charge in [-0.3, -0.25) is 9.59 Å². The van der Waals surface area contributed by atoms with E-state index < -0.39 is 5.91 Å². The molecule has 0 aliphatic rings. The molecule has 1 heterocycles. The Balaban J connectivity index is 1.47. The first kappa shape index (κ1) is 21.7. The van der Waals surface area contributed by atoms with E-state index in [1.165, 1.54) is 0 Å². The molecule has 160 valence electrons. The minimum atomic E-state index is -0.408. The summed E-state index contributed by atoms with van der Waals surface area (Å²) < 4.78 is 5.75. The number of rotatable bonds is 5. The summed E-state index contributed by atoms with van der Waals surface area (Å²) in [5.41, 5.74) is 3.17. The second kappa shape index (κ2) is 9.30. The van der Waals surface area contributed by atoms with E-state index in [2.05, 4.69) is 10.6 Å². The molecule has 2 N–H and O–H groups in total. The highest BCUT2D eigenvalue weighted by Crippen LogP contribution is 2.30. The summed E-state index contributed by atoms with van der Waals surface area (Å²) >= 11 is 12.1. The summed E-state index contributed by atoms with van der Waals surface area (Å²) in [6, 6.07) is 22.3. The SMILES string of the molecule is Cc1c(Cl)cccc1-c1ccc(C(=O)Nc2cccc(NC(=O)c3cccc(Cl)c3)c2)o1. The lowest BCUT2D eigenvalue weighted by Gasteiger charge is -2.09. The van der Waals surface area contributed by atoms with Gasteiger partial charge in [0.15, 0.2) is 5.76 Å². The van der Waals surface area contributed by atoms with Gasteiger partial charge in [0.2, 0.25) is 0 Å². The molecular weight excluding hydrogens is 447 g/mol. The first-order valence-corrected chi connectivity index (χ1v) is 10.5. The van der Waals surface area contributed by atoms with Gasteiger partial charge in [0.1, 0.15) is 5.76 Å². The normalized spacial score (nSPS) is 10.6. The Morgan fingerprint density at radius 3 is 2.22 bits per heavy atom. The van der Waals surface area contributed by atoms with Crippen molar-refractivity contribution >= 4 is 46.4 Å². The second-order valence-corrected chi connectivity index (χ2v) is 7.92. The summed E-state index contributed by atoms with van der Waals surface area (Å²) in [7, 11) is 0. The van der Waals surface area contributed by atoms with Gasteiger partial charge >= 0.3 is 0 Å². The number of hydrogen-bond acceptors (Lipinski definition) is 3. The van der Waals surface area contributed by atoms with Crippen molar-refractivity contribution in [2.24, 2.45) is 0 Å². The molecule has 4 rings (SSSR count). The highest BCUT2D eigenvalue weighted by Gasteiger charge is 2.15. The van der Waals surface area contributed by atoms with Crippen LogP contribution in [0, 0.1) is 6.92 Å². The Morgan fingerprint density at radius 1 is 0.781 bits per heavy atom. The molecule has 3 aromatic carbocycles. The van der Waals surface area contributed by atoms with Crippen LogP contribution >= 0.6 is 23.2 Å². The average molecular weight is 465 g/mol. The van der Waals surface area contributed by atoms with E-state index in [4.69, 9.17) is 27.6 Å². The van der Waals surface area contributed by atoms with Crippen LogP contribution in [0.25, 0.3) is 11.3 Å². The van der Waals surface area contributed by atoms with Crippen molar-refractivity contribution in [1.29, 1.82) is 0 Å². The fourth-order valence-corrected chi connectivity index (χ4v) is 3.54. The second-order valence-electron chi connectivity index (χ2n) is 7.08. The molecule has 0 atom stereocenters. The average Bonchev–Trinajstić information content (AvgIpc) is 3.26. The van der Waals surface area contributed by atoms with Gasteiger partial charge in [0.05, 0.1) is 0 Å². The number of anilines is 2. The molecule has 0 saturated heterocycles. The van der Waals surface area contributed by atoms with Crippen molar-refractivity contribution in [1.82, 2.24) is 0 Å². The van der Waals surface area contributed by atoms with Crippen LogP contribution in [0.15, 0.2) is 83.3 Å². The number of carbonyl (C=O) groups is 2. The van der Waals surface area contributed by atoms with Gasteiger partial charge in [-0.15, -0.1) is 0 Å². The fraction of sp³-hybridized carbons (Fsp3) is 0.0400. The molecule has 5 nitrogen and oxygen atoms in total. The maximum Gasteiger partial charge on any atom is 0.291 e. The third kappa shape index (κ3) is 4.85. The zero-order valence-corrected chi connectivity index (χ0v) is 18.5. The molecule has 32 heavy (non-hydrogen) atoms. The van der Waals surface area contributed by atoms with Crippen molar-refractivity contribution in [3.63, 3.8) is 0 Å². The third-order valence-corrected chi connectivity index (χ3v) is 5.47. The minimum absolute atomic E-state index is 0.160. The summed E-state index contributed by atoms with van der Waals surface area (Å²) in [6.45, 7) is 1.89. The Labute approximate surface area is 195 Å². The molecule has 0 aliphatic heterocycles.